The van der Waals surface area contributed by atoms with Crippen molar-refractivity contribution in [2.24, 2.45) is 0 Å². The summed E-state index contributed by atoms with van der Waals surface area (Å²) in [4.78, 5) is 19.8. The number of aromatic nitrogens is 2. The molecule has 4 rings (SSSR count). The van der Waals surface area contributed by atoms with Crippen LogP contribution in [0.5, 0.6) is 0 Å². The Hall–Kier alpha value is -2.65. The van der Waals surface area contributed by atoms with Crippen LogP contribution in [0.3, 0.4) is 0 Å². The smallest absolute Gasteiger partial charge is 0.279 e. The maximum Gasteiger partial charge on any atom is 0.279 e. The fraction of sp³-hybridized carbons (Fsp3) is 0.278. The number of nitrogens with zero attached hydrogens (tertiary/aromatic N) is 3. The summed E-state index contributed by atoms with van der Waals surface area (Å²) in [6, 6.07) is 5.11. The molecule has 0 atom stereocenters. The molecule has 0 saturated heterocycles. The molecule has 0 radical (unpaired) electrons. The van der Waals surface area contributed by atoms with Crippen molar-refractivity contribution in [2.45, 2.75) is 26.4 Å². The number of anilines is 1. The van der Waals surface area contributed by atoms with Gasteiger partial charge in [-0.2, -0.15) is 0 Å². The Balaban J connectivity index is 1.43. The van der Waals surface area contributed by atoms with Gasteiger partial charge in [0.05, 0.1) is 5.69 Å². The highest BCUT2D eigenvalue weighted by molar-refractivity contribution is 7.15. The van der Waals surface area contributed by atoms with E-state index in [1.165, 1.54) is 23.5 Å². The largest absolute Gasteiger partial charge is 0.361 e. The number of thiazole rings is 1. The zero-order valence-electron chi connectivity index (χ0n) is 14.5. The first-order valence-corrected chi connectivity index (χ1v) is 9.18. The van der Waals surface area contributed by atoms with Gasteiger partial charge >= 0.3 is 0 Å². The normalized spacial score (nSPS) is 14.2. The molecular formula is C18H16F2N4O2S. The minimum Gasteiger partial charge on any atom is -0.361 e. The summed E-state index contributed by atoms with van der Waals surface area (Å²) >= 11 is 1.39. The Morgan fingerprint density at radius 1 is 1.30 bits per heavy atom. The number of carbonyl (C=O) groups is 1. The van der Waals surface area contributed by atoms with Crippen LogP contribution < -0.4 is 5.32 Å². The van der Waals surface area contributed by atoms with E-state index in [0.717, 1.165) is 23.2 Å². The Morgan fingerprint density at radius 2 is 2.07 bits per heavy atom. The maximum absolute atomic E-state index is 13.4. The van der Waals surface area contributed by atoms with Crippen molar-refractivity contribution in [3.63, 3.8) is 0 Å². The summed E-state index contributed by atoms with van der Waals surface area (Å²) in [5, 5.41) is 6.93. The molecule has 0 spiro atoms. The van der Waals surface area contributed by atoms with Gasteiger partial charge in [-0.05, 0) is 24.6 Å². The van der Waals surface area contributed by atoms with Crippen LogP contribution in [-0.2, 0) is 19.5 Å². The Morgan fingerprint density at radius 3 is 2.78 bits per heavy atom. The molecule has 9 heteroatoms. The van der Waals surface area contributed by atoms with E-state index in [9.17, 15) is 13.6 Å². The predicted molar refractivity (Wildman–Crippen MR) is 95.5 cm³/mol. The molecular weight excluding hydrogens is 374 g/mol. The lowest BCUT2D eigenvalue weighted by Gasteiger charge is -2.25. The summed E-state index contributed by atoms with van der Waals surface area (Å²) in [5.41, 5.74) is 1.74. The van der Waals surface area contributed by atoms with Crippen LogP contribution >= 0.6 is 11.3 Å². The van der Waals surface area contributed by atoms with E-state index in [-0.39, 0.29) is 11.6 Å². The maximum atomic E-state index is 13.4. The molecule has 1 N–H and O–H groups in total. The number of carbonyl (C=O) groups excluding carboxylic acids is 1. The number of benzene rings is 1. The van der Waals surface area contributed by atoms with E-state index in [4.69, 9.17) is 4.52 Å². The van der Waals surface area contributed by atoms with Crippen molar-refractivity contribution in [3.8, 4) is 0 Å². The number of amides is 1. The van der Waals surface area contributed by atoms with Gasteiger partial charge in [-0.25, -0.2) is 13.8 Å². The Kier molecular flexibility index (Phi) is 4.71. The molecule has 1 aromatic carbocycles. The third-order valence-corrected chi connectivity index (χ3v) is 5.22. The number of fused-ring (bicyclic) bond motifs is 1. The van der Waals surface area contributed by atoms with Crippen LogP contribution in [0.2, 0.25) is 0 Å². The van der Waals surface area contributed by atoms with Crippen molar-refractivity contribution in [3.05, 3.63) is 63.5 Å². The van der Waals surface area contributed by atoms with E-state index < -0.39 is 11.6 Å². The molecule has 2 aromatic heterocycles. The number of halogens is 2. The number of hydrogen-bond donors (Lipinski definition) is 1. The van der Waals surface area contributed by atoms with Crippen molar-refractivity contribution in [1.82, 2.24) is 15.0 Å². The molecule has 0 fully saturated rings. The van der Waals surface area contributed by atoms with Crippen LogP contribution in [-0.4, -0.2) is 27.5 Å². The highest BCUT2D eigenvalue weighted by Gasteiger charge is 2.22. The quantitative estimate of drug-likeness (QED) is 0.738. The van der Waals surface area contributed by atoms with Crippen molar-refractivity contribution in [2.75, 3.05) is 11.9 Å². The van der Waals surface area contributed by atoms with Crippen LogP contribution in [0.1, 0.15) is 32.4 Å². The highest BCUT2D eigenvalue weighted by atomic mass is 32.1. The molecule has 1 aliphatic rings. The second-order valence-corrected chi connectivity index (χ2v) is 7.49. The summed E-state index contributed by atoms with van der Waals surface area (Å²) in [7, 11) is 0. The molecule has 1 amide bonds. The molecule has 0 aliphatic carbocycles. The summed E-state index contributed by atoms with van der Waals surface area (Å²) < 4.78 is 31.6. The second-order valence-electron chi connectivity index (χ2n) is 6.40. The standard InChI is InChI=1S/C18H16F2N4O2S/c1-10-4-15(23-26-10)17(25)22-18-21-14-2-3-24(9-16(14)27-18)8-11-5-12(19)7-13(20)6-11/h4-7H,2-3,8-9H2,1H3,(H,21,22,25). The highest BCUT2D eigenvalue weighted by Crippen LogP contribution is 2.29. The van der Waals surface area contributed by atoms with E-state index in [1.807, 2.05) is 0 Å². The first-order valence-electron chi connectivity index (χ1n) is 8.37. The van der Waals surface area contributed by atoms with Crippen LogP contribution in [0.4, 0.5) is 13.9 Å². The van der Waals surface area contributed by atoms with Gasteiger partial charge in [0.25, 0.3) is 5.91 Å². The molecule has 27 heavy (non-hydrogen) atoms. The van der Waals surface area contributed by atoms with E-state index in [1.54, 1.807) is 13.0 Å². The molecule has 3 heterocycles. The van der Waals surface area contributed by atoms with Crippen LogP contribution in [0, 0.1) is 18.6 Å². The summed E-state index contributed by atoms with van der Waals surface area (Å²) in [6.45, 7) is 3.51. The third-order valence-electron chi connectivity index (χ3n) is 4.22. The molecule has 0 unspecified atom stereocenters. The SMILES string of the molecule is Cc1cc(C(=O)Nc2nc3c(s2)CN(Cc2cc(F)cc(F)c2)CC3)no1. The average molecular weight is 390 g/mol. The van der Waals surface area contributed by atoms with Crippen LogP contribution in [0.25, 0.3) is 0 Å². The topological polar surface area (TPSA) is 71.3 Å². The average Bonchev–Trinajstić information content (AvgIpc) is 3.19. The van der Waals surface area contributed by atoms with Gasteiger partial charge in [-0.15, -0.1) is 11.3 Å². The van der Waals surface area contributed by atoms with E-state index >= 15 is 0 Å². The van der Waals surface area contributed by atoms with Gasteiger partial charge in [0.1, 0.15) is 17.4 Å². The predicted octanol–water partition coefficient (Wildman–Crippen LogP) is 3.53. The van der Waals surface area contributed by atoms with Gasteiger partial charge in [-0.3, -0.25) is 15.0 Å². The first kappa shape index (κ1) is 17.7. The number of hydrogen-bond acceptors (Lipinski definition) is 6. The molecule has 1 aliphatic heterocycles. The van der Waals surface area contributed by atoms with Gasteiger partial charge in [-0.1, -0.05) is 5.16 Å². The lowest BCUT2D eigenvalue weighted by atomic mass is 10.1. The Labute approximate surface area is 157 Å². The van der Waals surface area contributed by atoms with Crippen LogP contribution in [0.15, 0.2) is 28.8 Å². The van der Waals surface area contributed by atoms with E-state index in [0.29, 0.717) is 36.0 Å². The lowest BCUT2D eigenvalue weighted by Crippen LogP contribution is -2.29. The lowest BCUT2D eigenvalue weighted by molar-refractivity contribution is 0.101. The van der Waals surface area contributed by atoms with Gasteiger partial charge < -0.3 is 4.52 Å². The number of aryl methyl sites for hydroxylation is 1. The second kappa shape index (κ2) is 7.16. The molecule has 140 valence electrons. The zero-order valence-corrected chi connectivity index (χ0v) is 15.3. The first-order chi connectivity index (χ1) is 13.0. The van der Waals surface area contributed by atoms with Gasteiger partial charge in [0.2, 0.25) is 0 Å². The van der Waals surface area contributed by atoms with Gasteiger partial charge in [0, 0.05) is 43.1 Å². The van der Waals surface area contributed by atoms with Crippen molar-refractivity contribution < 1.29 is 18.1 Å². The minimum atomic E-state index is -0.575. The van der Waals surface area contributed by atoms with E-state index in [2.05, 4.69) is 20.4 Å². The third kappa shape index (κ3) is 4.04. The minimum absolute atomic E-state index is 0.204. The number of nitrogens with one attached hydrogen (secondary N) is 1. The monoisotopic (exact) mass is 390 g/mol. The van der Waals surface area contributed by atoms with Crippen molar-refractivity contribution in [1.29, 1.82) is 0 Å². The molecule has 0 saturated carbocycles. The number of rotatable bonds is 4. The summed E-state index contributed by atoms with van der Waals surface area (Å²) in [6.07, 6.45) is 0.711. The zero-order chi connectivity index (χ0) is 19.0. The molecule has 3 aromatic rings. The Bertz CT molecular complexity index is 981. The molecule has 6 nitrogen and oxygen atoms in total. The summed E-state index contributed by atoms with van der Waals surface area (Å²) in [5.74, 6) is -0.963. The fourth-order valence-corrected chi connectivity index (χ4v) is 4.08. The van der Waals surface area contributed by atoms with Crippen molar-refractivity contribution >= 4 is 22.4 Å². The van der Waals surface area contributed by atoms with Gasteiger partial charge in [0.15, 0.2) is 10.8 Å². The fourth-order valence-electron chi connectivity index (χ4n) is 3.03. The molecule has 0 bridgehead atoms.